The number of hydrogen-bond donors (Lipinski definition) is 1. The van der Waals surface area contributed by atoms with Crippen molar-refractivity contribution in [2.75, 3.05) is 32.1 Å². The summed E-state index contributed by atoms with van der Waals surface area (Å²) in [7, 11) is 1.66. The second-order valence-electron chi connectivity index (χ2n) is 7.03. The maximum atomic E-state index is 14.0. The quantitative estimate of drug-likeness (QED) is 0.581. The lowest BCUT2D eigenvalue weighted by molar-refractivity contribution is 0.199. The maximum Gasteiger partial charge on any atom is 0.244 e. The van der Waals surface area contributed by atoms with E-state index in [0.29, 0.717) is 37.0 Å². The molecule has 0 aliphatic carbocycles. The third kappa shape index (κ3) is 4.60. The van der Waals surface area contributed by atoms with E-state index in [1.54, 1.807) is 19.4 Å². The fourth-order valence-corrected chi connectivity index (χ4v) is 3.58. The SMILES string of the molecule is COCCNc1cc(-c2noc([C@@H]3CCCN3Cc3ccccc3F)n2)ccn1. The predicted octanol–water partition coefficient (Wildman–Crippen LogP) is 3.67. The Bertz CT molecular complexity index is 948. The summed E-state index contributed by atoms with van der Waals surface area (Å²) in [5.74, 6) is 1.64. The maximum absolute atomic E-state index is 14.0. The molecule has 3 heterocycles. The molecule has 1 saturated heterocycles. The molecule has 7 nitrogen and oxygen atoms in total. The number of rotatable bonds is 8. The van der Waals surface area contributed by atoms with E-state index in [1.165, 1.54) is 6.07 Å². The van der Waals surface area contributed by atoms with Gasteiger partial charge < -0.3 is 14.6 Å². The molecule has 1 atom stereocenters. The molecule has 0 spiro atoms. The van der Waals surface area contributed by atoms with Gasteiger partial charge in [0.2, 0.25) is 11.7 Å². The second kappa shape index (κ2) is 9.11. The number of nitrogens with one attached hydrogen (secondary N) is 1. The number of anilines is 1. The molecule has 0 amide bonds. The molecule has 2 aromatic heterocycles. The fraction of sp³-hybridized carbons (Fsp3) is 0.381. The molecule has 1 N–H and O–H groups in total. The average molecular weight is 397 g/mol. The number of ether oxygens (including phenoxy) is 1. The summed E-state index contributed by atoms with van der Waals surface area (Å²) in [6.07, 6.45) is 3.64. The van der Waals surface area contributed by atoms with E-state index in [2.05, 4.69) is 25.3 Å². The lowest BCUT2D eigenvalue weighted by Crippen LogP contribution is -2.23. The largest absolute Gasteiger partial charge is 0.383 e. The number of nitrogens with zero attached hydrogens (tertiary/aromatic N) is 4. The molecule has 1 aliphatic heterocycles. The van der Waals surface area contributed by atoms with Gasteiger partial charge in [-0.15, -0.1) is 0 Å². The fourth-order valence-electron chi connectivity index (χ4n) is 3.58. The Hall–Kier alpha value is -2.84. The molecule has 1 fully saturated rings. The van der Waals surface area contributed by atoms with Gasteiger partial charge in [0, 0.05) is 37.5 Å². The zero-order chi connectivity index (χ0) is 20.1. The van der Waals surface area contributed by atoms with Gasteiger partial charge in [0.1, 0.15) is 11.6 Å². The lowest BCUT2D eigenvalue weighted by atomic mass is 10.1. The molecule has 0 bridgehead atoms. The van der Waals surface area contributed by atoms with Gasteiger partial charge in [0.15, 0.2) is 0 Å². The molecular weight excluding hydrogens is 373 g/mol. The first-order chi connectivity index (χ1) is 14.2. The van der Waals surface area contributed by atoms with E-state index >= 15 is 0 Å². The van der Waals surface area contributed by atoms with Crippen LogP contribution in [0.3, 0.4) is 0 Å². The topological polar surface area (TPSA) is 76.3 Å². The van der Waals surface area contributed by atoms with E-state index in [9.17, 15) is 4.39 Å². The third-order valence-electron chi connectivity index (χ3n) is 5.05. The summed E-state index contributed by atoms with van der Waals surface area (Å²) in [4.78, 5) is 11.1. The van der Waals surface area contributed by atoms with Crippen LogP contribution in [0.15, 0.2) is 47.1 Å². The van der Waals surface area contributed by atoms with Gasteiger partial charge in [0.25, 0.3) is 0 Å². The zero-order valence-electron chi connectivity index (χ0n) is 16.3. The molecule has 0 radical (unpaired) electrons. The Morgan fingerprint density at radius 3 is 3.07 bits per heavy atom. The van der Waals surface area contributed by atoms with Crippen molar-refractivity contribution in [2.24, 2.45) is 0 Å². The van der Waals surface area contributed by atoms with E-state index in [0.717, 1.165) is 30.8 Å². The Labute approximate surface area is 168 Å². The molecular formula is C21H24FN5O2. The van der Waals surface area contributed by atoms with Crippen molar-refractivity contribution in [3.63, 3.8) is 0 Å². The Kier molecular flexibility index (Phi) is 6.12. The Balaban J connectivity index is 1.48. The van der Waals surface area contributed by atoms with Crippen molar-refractivity contribution < 1.29 is 13.7 Å². The van der Waals surface area contributed by atoms with Crippen molar-refractivity contribution in [1.82, 2.24) is 20.0 Å². The number of aromatic nitrogens is 3. The van der Waals surface area contributed by atoms with Gasteiger partial charge in [0.05, 0.1) is 12.6 Å². The standard InChI is InChI=1S/C21H24FN5O2/c1-28-12-10-24-19-13-15(8-9-23-19)20-25-21(29-26-20)18-7-4-11-27(18)14-16-5-2-3-6-17(16)22/h2-3,5-6,8-9,13,18H,4,7,10-12,14H2,1H3,(H,23,24)/t18-/m0/s1. The first-order valence-electron chi connectivity index (χ1n) is 9.75. The van der Waals surface area contributed by atoms with Crippen LogP contribution >= 0.6 is 0 Å². The number of likely N-dealkylation sites (tertiary alicyclic amines) is 1. The highest BCUT2D eigenvalue weighted by molar-refractivity contribution is 5.58. The number of pyridine rings is 1. The number of hydrogen-bond acceptors (Lipinski definition) is 7. The Morgan fingerprint density at radius 1 is 1.31 bits per heavy atom. The van der Waals surface area contributed by atoms with E-state index in [-0.39, 0.29) is 11.9 Å². The summed E-state index contributed by atoms with van der Waals surface area (Å²) in [6, 6.07) is 10.6. The summed E-state index contributed by atoms with van der Waals surface area (Å²) in [5.41, 5.74) is 1.51. The molecule has 4 rings (SSSR count). The van der Waals surface area contributed by atoms with Crippen LogP contribution in [-0.4, -0.2) is 46.8 Å². The van der Waals surface area contributed by atoms with Crippen molar-refractivity contribution in [2.45, 2.75) is 25.4 Å². The molecule has 152 valence electrons. The summed E-state index contributed by atoms with van der Waals surface area (Å²) in [6.45, 7) is 2.66. The zero-order valence-corrected chi connectivity index (χ0v) is 16.3. The monoisotopic (exact) mass is 397 g/mol. The highest BCUT2D eigenvalue weighted by Gasteiger charge is 2.31. The van der Waals surface area contributed by atoms with E-state index < -0.39 is 0 Å². The van der Waals surface area contributed by atoms with Crippen molar-refractivity contribution in [1.29, 1.82) is 0 Å². The summed E-state index contributed by atoms with van der Waals surface area (Å²) in [5, 5.41) is 7.35. The van der Waals surface area contributed by atoms with Crippen LogP contribution in [0.4, 0.5) is 10.2 Å². The van der Waals surface area contributed by atoms with Gasteiger partial charge in [-0.05, 0) is 37.6 Å². The van der Waals surface area contributed by atoms with Crippen molar-refractivity contribution in [3.05, 3.63) is 59.9 Å². The highest BCUT2D eigenvalue weighted by atomic mass is 19.1. The first-order valence-corrected chi connectivity index (χ1v) is 9.75. The minimum absolute atomic E-state index is 0.00279. The van der Waals surface area contributed by atoms with Gasteiger partial charge in [-0.1, -0.05) is 23.4 Å². The van der Waals surface area contributed by atoms with Crippen LogP contribution in [0.2, 0.25) is 0 Å². The molecule has 3 aromatic rings. The van der Waals surface area contributed by atoms with Crippen molar-refractivity contribution in [3.8, 4) is 11.4 Å². The highest BCUT2D eigenvalue weighted by Crippen LogP contribution is 2.33. The van der Waals surface area contributed by atoms with E-state index in [4.69, 9.17) is 9.26 Å². The number of benzene rings is 1. The van der Waals surface area contributed by atoms with E-state index in [1.807, 2.05) is 24.3 Å². The number of methoxy groups -OCH3 is 1. The van der Waals surface area contributed by atoms with Crippen LogP contribution in [0.1, 0.15) is 30.3 Å². The molecule has 8 heteroatoms. The average Bonchev–Trinajstić information content (AvgIpc) is 3.40. The molecule has 1 aliphatic rings. The van der Waals surface area contributed by atoms with Gasteiger partial charge in [-0.25, -0.2) is 9.37 Å². The molecule has 0 unspecified atom stereocenters. The first kappa shape index (κ1) is 19.5. The van der Waals surface area contributed by atoms with Crippen LogP contribution < -0.4 is 5.32 Å². The van der Waals surface area contributed by atoms with Crippen molar-refractivity contribution >= 4 is 5.82 Å². The summed E-state index contributed by atoms with van der Waals surface area (Å²) >= 11 is 0. The smallest absolute Gasteiger partial charge is 0.244 e. The predicted molar refractivity (Wildman–Crippen MR) is 107 cm³/mol. The normalized spacial score (nSPS) is 17.0. The second-order valence-corrected chi connectivity index (χ2v) is 7.03. The van der Waals surface area contributed by atoms with Gasteiger partial charge in [-0.2, -0.15) is 4.98 Å². The minimum Gasteiger partial charge on any atom is -0.383 e. The van der Waals surface area contributed by atoms with Gasteiger partial charge in [-0.3, -0.25) is 4.90 Å². The van der Waals surface area contributed by atoms with Gasteiger partial charge >= 0.3 is 0 Å². The molecule has 29 heavy (non-hydrogen) atoms. The Morgan fingerprint density at radius 2 is 2.21 bits per heavy atom. The lowest BCUT2D eigenvalue weighted by Gasteiger charge is -2.21. The summed E-state index contributed by atoms with van der Waals surface area (Å²) < 4.78 is 24.7. The minimum atomic E-state index is -0.186. The van der Waals surface area contributed by atoms with Crippen LogP contribution in [0.25, 0.3) is 11.4 Å². The third-order valence-corrected chi connectivity index (χ3v) is 5.05. The molecule has 1 aromatic carbocycles. The van der Waals surface area contributed by atoms with Crippen LogP contribution in [-0.2, 0) is 11.3 Å². The number of halogens is 1. The van der Waals surface area contributed by atoms with Crippen LogP contribution in [0, 0.1) is 5.82 Å². The molecule has 0 saturated carbocycles. The van der Waals surface area contributed by atoms with Crippen LogP contribution in [0.5, 0.6) is 0 Å².